The number of carbonyl (C=O) groups excluding carboxylic acids is 2. The average Bonchev–Trinajstić information content (AvgIpc) is 3.15. The van der Waals surface area contributed by atoms with E-state index in [1.807, 2.05) is 59.3 Å². The molecule has 2 aliphatic heterocycles. The van der Waals surface area contributed by atoms with E-state index in [0.717, 1.165) is 48.1 Å². The van der Waals surface area contributed by atoms with Crippen LogP contribution in [0.4, 0.5) is 0 Å². The highest BCUT2D eigenvalue weighted by Crippen LogP contribution is 2.43. The number of halogens is 1. The first kappa shape index (κ1) is 21.7. The molecule has 170 valence electrons. The van der Waals surface area contributed by atoms with Gasteiger partial charge < -0.3 is 9.80 Å². The molecular weight excluding hydrogens is 436 g/mol. The van der Waals surface area contributed by atoms with E-state index in [4.69, 9.17) is 16.7 Å². The highest BCUT2D eigenvalue weighted by Gasteiger charge is 2.49. The molecule has 2 saturated heterocycles. The third kappa shape index (κ3) is 3.62. The topological polar surface area (TPSA) is 57.9 Å². The molecule has 33 heavy (non-hydrogen) atoms. The standard InChI is InChI=1S/C26H27ClN4O2/c1-4-22(32)29-15-26(16-29)11-12-30(18(3)13-26)25(33)24-23(19-7-5-6-8-20(19)27)21-10-9-17(2)14-31(21)28-24/h4-10,14,18H,1,11-13,15-16H2,2-3H3/t18-/m0/s1. The van der Waals surface area contributed by atoms with Gasteiger partial charge in [-0.2, -0.15) is 5.10 Å². The molecule has 3 aromatic rings. The van der Waals surface area contributed by atoms with Crippen LogP contribution in [0.5, 0.6) is 0 Å². The summed E-state index contributed by atoms with van der Waals surface area (Å²) in [5.41, 5.74) is 4.01. The average molecular weight is 463 g/mol. The van der Waals surface area contributed by atoms with E-state index in [2.05, 4.69) is 13.5 Å². The van der Waals surface area contributed by atoms with Crippen molar-refractivity contribution in [2.45, 2.75) is 32.7 Å². The summed E-state index contributed by atoms with van der Waals surface area (Å²) in [5.74, 6) is -0.0943. The van der Waals surface area contributed by atoms with Crippen LogP contribution in [0.3, 0.4) is 0 Å². The van der Waals surface area contributed by atoms with E-state index in [-0.39, 0.29) is 23.3 Å². The number of carbonyl (C=O) groups is 2. The summed E-state index contributed by atoms with van der Waals surface area (Å²) >= 11 is 6.55. The number of nitrogens with zero attached hydrogens (tertiary/aromatic N) is 4. The lowest BCUT2D eigenvalue weighted by atomic mass is 9.69. The van der Waals surface area contributed by atoms with Crippen molar-refractivity contribution in [1.29, 1.82) is 0 Å². The molecule has 4 heterocycles. The summed E-state index contributed by atoms with van der Waals surface area (Å²) in [6.45, 7) is 9.79. The Morgan fingerprint density at radius 1 is 1.21 bits per heavy atom. The fraction of sp³-hybridized carbons (Fsp3) is 0.346. The number of fused-ring (bicyclic) bond motifs is 1. The number of aryl methyl sites for hydroxylation is 1. The molecule has 0 aliphatic carbocycles. The number of likely N-dealkylation sites (tertiary alicyclic amines) is 2. The first-order chi connectivity index (χ1) is 15.8. The third-order valence-corrected chi connectivity index (χ3v) is 7.40. The molecule has 2 amide bonds. The lowest BCUT2D eigenvalue weighted by Gasteiger charge is -2.55. The van der Waals surface area contributed by atoms with Crippen LogP contribution in [-0.2, 0) is 4.79 Å². The zero-order valence-corrected chi connectivity index (χ0v) is 19.7. The van der Waals surface area contributed by atoms with Crippen LogP contribution in [0.25, 0.3) is 16.6 Å². The molecule has 1 atom stereocenters. The summed E-state index contributed by atoms with van der Waals surface area (Å²) in [6, 6.07) is 11.6. The maximum absolute atomic E-state index is 13.8. The highest BCUT2D eigenvalue weighted by atomic mass is 35.5. The predicted octanol–water partition coefficient (Wildman–Crippen LogP) is 4.60. The van der Waals surface area contributed by atoms with E-state index < -0.39 is 0 Å². The van der Waals surface area contributed by atoms with Gasteiger partial charge in [-0.25, -0.2) is 4.52 Å². The maximum Gasteiger partial charge on any atom is 0.275 e. The van der Waals surface area contributed by atoms with Gasteiger partial charge in [-0.05, 0) is 50.5 Å². The molecule has 0 unspecified atom stereocenters. The molecule has 1 spiro atoms. The zero-order chi connectivity index (χ0) is 23.3. The third-order valence-electron chi connectivity index (χ3n) is 7.07. The first-order valence-corrected chi connectivity index (χ1v) is 11.7. The van der Waals surface area contributed by atoms with Gasteiger partial charge in [-0.1, -0.05) is 42.4 Å². The first-order valence-electron chi connectivity index (χ1n) is 11.3. The number of hydrogen-bond acceptors (Lipinski definition) is 3. The molecule has 0 N–H and O–H groups in total. The van der Waals surface area contributed by atoms with Crippen molar-refractivity contribution < 1.29 is 9.59 Å². The van der Waals surface area contributed by atoms with Crippen molar-refractivity contribution >= 4 is 28.9 Å². The van der Waals surface area contributed by atoms with Crippen molar-refractivity contribution in [2.24, 2.45) is 5.41 Å². The highest BCUT2D eigenvalue weighted by molar-refractivity contribution is 6.33. The smallest absolute Gasteiger partial charge is 0.275 e. The maximum atomic E-state index is 13.8. The Labute approximate surface area is 198 Å². The van der Waals surface area contributed by atoms with Crippen molar-refractivity contribution in [2.75, 3.05) is 19.6 Å². The lowest BCUT2D eigenvalue weighted by Crippen LogP contribution is -2.63. The largest absolute Gasteiger partial charge is 0.338 e. The normalized spacial score (nSPS) is 19.5. The van der Waals surface area contributed by atoms with Crippen molar-refractivity contribution in [3.63, 3.8) is 0 Å². The van der Waals surface area contributed by atoms with Crippen molar-refractivity contribution in [3.8, 4) is 11.1 Å². The number of rotatable bonds is 3. The fourth-order valence-electron chi connectivity index (χ4n) is 5.42. The van der Waals surface area contributed by atoms with Crippen LogP contribution in [-0.4, -0.2) is 56.9 Å². The summed E-state index contributed by atoms with van der Waals surface area (Å²) in [6.07, 6.45) is 5.04. The Morgan fingerprint density at radius 2 is 1.97 bits per heavy atom. The van der Waals surface area contributed by atoms with Crippen LogP contribution in [0, 0.1) is 12.3 Å². The molecule has 2 aromatic heterocycles. The van der Waals surface area contributed by atoms with Crippen LogP contribution in [0.2, 0.25) is 5.02 Å². The van der Waals surface area contributed by atoms with Crippen LogP contribution in [0.15, 0.2) is 55.3 Å². The summed E-state index contributed by atoms with van der Waals surface area (Å²) in [5, 5.41) is 5.31. The summed E-state index contributed by atoms with van der Waals surface area (Å²) in [7, 11) is 0. The predicted molar refractivity (Wildman–Crippen MR) is 129 cm³/mol. The molecule has 7 heteroatoms. The summed E-state index contributed by atoms with van der Waals surface area (Å²) < 4.78 is 1.78. The van der Waals surface area contributed by atoms with Gasteiger partial charge in [0.25, 0.3) is 5.91 Å². The number of aromatic nitrogens is 2. The minimum Gasteiger partial charge on any atom is -0.338 e. The molecular formula is C26H27ClN4O2. The van der Waals surface area contributed by atoms with E-state index in [1.165, 1.54) is 6.08 Å². The molecule has 5 rings (SSSR count). The van der Waals surface area contributed by atoms with Gasteiger partial charge in [-0.15, -0.1) is 0 Å². The minimum atomic E-state index is -0.0769. The second kappa shape index (κ2) is 8.03. The number of amides is 2. The number of piperidine rings is 1. The molecule has 1 aromatic carbocycles. The quantitative estimate of drug-likeness (QED) is 0.534. The van der Waals surface area contributed by atoms with E-state index in [0.29, 0.717) is 17.3 Å². The molecule has 0 saturated carbocycles. The Morgan fingerprint density at radius 3 is 2.67 bits per heavy atom. The van der Waals surface area contributed by atoms with Crippen LogP contribution < -0.4 is 0 Å². The second-order valence-corrected chi connectivity index (χ2v) is 9.85. The van der Waals surface area contributed by atoms with Gasteiger partial charge in [0.05, 0.1) is 5.52 Å². The fourth-order valence-corrected chi connectivity index (χ4v) is 5.65. The van der Waals surface area contributed by atoms with Crippen LogP contribution in [0.1, 0.15) is 35.8 Å². The van der Waals surface area contributed by atoms with Gasteiger partial charge in [0.1, 0.15) is 0 Å². The number of hydrogen-bond donors (Lipinski definition) is 0. The van der Waals surface area contributed by atoms with Crippen molar-refractivity contribution in [3.05, 3.63) is 71.5 Å². The van der Waals surface area contributed by atoms with Crippen LogP contribution >= 0.6 is 11.6 Å². The Balaban J connectivity index is 1.47. The van der Waals surface area contributed by atoms with E-state index in [1.54, 1.807) is 4.52 Å². The Bertz CT molecular complexity index is 1270. The van der Waals surface area contributed by atoms with Crippen molar-refractivity contribution in [1.82, 2.24) is 19.4 Å². The molecule has 6 nitrogen and oxygen atoms in total. The van der Waals surface area contributed by atoms with Gasteiger partial charge in [0.2, 0.25) is 5.91 Å². The molecule has 0 bridgehead atoms. The molecule has 0 radical (unpaired) electrons. The van der Waals surface area contributed by atoms with E-state index in [9.17, 15) is 9.59 Å². The zero-order valence-electron chi connectivity index (χ0n) is 18.9. The number of pyridine rings is 1. The molecule has 2 aliphatic rings. The SMILES string of the molecule is C=CC(=O)N1CC2(CCN(C(=O)c3nn4cc(C)ccc4c3-c3ccccc3Cl)[C@@H](C)C2)C1. The van der Waals surface area contributed by atoms with Gasteiger partial charge in [0, 0.05) is 53.4 Å². The number of benzene rings is 1. The molecule has 2 fully saturated rings. The van der Waals surface area contributed by atoms with Gasteiger partial charge in [-0.3, -0.25) is 9.59 Å². The summed E-state index contributed by atoms with van der Waals surface area (Å²) in [4.78, 5) is 29.5. The minimum absolute atomic E-state index is 0.0174. The van der Waals surface area contributed by atoms with E-state index >= 15 is 0 Å². The lowest BCUT2D eigenvalue weighted by molar-refractivity contribution is -0.142. The Kier molecular flexibility index (Phi) is 5.28. The van der Waals surface area contributed by atoms with Gasteiger partial charge in [0.15, 0.2) is 5.69 Å². The monoisotopic (exact) mass is 462 g/mol. The van der Waals surface area contributed by atoms with Gasteiger partial charge >= 0.3 is 0 Å². The second-order valence-electron chi connectivity index (χ2n) is 9.44. The Hall–Kier alpha value is -3.12.